The average molecular weight is 481 g/mol. The van der Waals surface area contributed by atoms with Gasteiger partial charge in [0.25, 0.3) is 0 Å². The summed E-state index contributed by atoms with van der Waals surface area (Å²) in [6.45, 7) is 13.0. The molecule has 3 fully saturated rings. The highest BCUT2D eigenvalue weighted by Gasteiger charge is 2.69. The molecule has 5 rings (SSSR count). The fourth-order valence-electron chi connectivity index (χ4n) is 8.92. The summed E-state index contributed by atoms with van der Waals surface area (Å²) >= 11 is 0. The van der Waals surface area contributed by atoms with Crippen molar-refractivity contribution in [3.8, 4) is 0 Å². The number of rotatable bonds is 1. The van der Waals surface area contributed by atoms with E-state index in [2.05, 4.69) is 33.8 Å². The molecule has 5 aliphatic carbocycles. The molecule has 0 bridgehead atoms. The van der Waals surface area contributed by atoms with Gasteiger partial charge in [-0.15, -0.1) is 0 Å². The number of aliphatic hydroxyl groups excluding tert-OH is 2. The highest BCUT2D eigenvalue weighted by molar-refractivity contribution is 6.06. The van der Waals surface area contributed by atoms with Crippen LogP contribution in [0.5, 0.6) is 0 Å². The van der Waals surface area contributed by atoms with Gasteiger partial charge in [0.05, 0.1) is 18.6 Å². The van der Waals surface area contributed by atoms with Crippen LogP contribution in [0.1, 0.15) is 80.1 Å². The SMILES string of the molecule is COC(=O)[C@]1(C)CC[C@]2(C)CC[C@]3(C)C4=CC=C5C(=CC(=O)C(O)=C5C)[C@]4(C)C(O)C[C@@]3(C)C2C1. The predicted octanol–water partition coefficient (Wildman–Crippen LogP) is 5.76. The molecule has 5 nitrogen and oxygen atoms in total. The Balaban J connectivity index is 1.67. The van der Waals surface area contributed by atoms with Crippen molar-refractivity contribution in [2.75, 3.05) is 7.11 Å². The maximum Gasteiger partial charge on any atom is 0.311 e. The number of allylic oxidation sites excluding steroid dienone is 5. The second-order valence-corrected chi connectivity index (χ2v) is 13.2. The topological polar surface area (TPSA) is 83.8 Å². The lowest BCUT2D eigenvalue weighted by Gasteiger charge is -2.70. The van der Waals surface area contributed by atoms with Gasteiger partial charge in [0.2, 0.25) is 5.78 Å². The third-order valence-corrected chi connectivity index (χ3v) is 11.6. The number of ether oxygens (including phenoxy) is 1. The van der Waals surface area contributed by atoms with Gasteiger partial charge in [-0.3, -0.25) is 9.59 Å². The van der Waals surface area contributed by atoms with Crippen LogP contribution in [-0.2, 0) is 14.3 Å². The van der Waals surface area contributed by atoms with Gasteiger partial charge in [-0.25, -0.2) is 0 Å². The molecule has 3 saturated carbocycles. The van der Waals surface area contributed by atoms with Gasteiger partial charge in [-0.2, -0.15) is 0 Å². The number of hydrogen-bond donors (Lipinski definition) is 2. The molecule has 5 aliphatic rings. The normalized spacial score (nSPS) is 46.9. The monoisotopic (exact) mass is 480 g/mol. The molecular formula is C30H40O5. The minimum Gasteiger partial charge on any atom is -0.504 e. The van der Waals surface area contributed by atoms with E-state index in [-0.39, 0.29) is 39.7 Å². The number of fused-ring (bicyclic) bond motifs is 7. The first-order valence-electron chi connectivity index (χ1n) is 13.0. The highest BCUT2D eigenvalue weighted by atomic mass is 16.5. The molecule has 2 unspecified atom stereocenters. The molecule has 5 heteroatoms. The summed E-state index contributed by atoms with van der Waals surface area (Å²) in [7, 11) is 1.48. The first kappa shape index (κ1) is 24.5. The van der Waals surface area contributed by atoms with Gasteiger partial charge in [0.1, 0.15) is 0 Å². The summed E-state index contributed by atoms with van der Waals surface area (Å²) in [5.74, 6) is -0.474. The van der Waals surface area contributed by atoms with Gasteiger partial charge in [0, 0.05) is 11.0 Å². The Bertz CT molecular complexity index is 1160. The molecule has 0 aromatic rings. The van der Waals surface area contributed by atoms with E-state index in [0.717, 1.165) is 43.3 Å². The fraction of sp³-hybridized carbons (Fsp3) is 0.667. The van der Waals surface area contributed by atoms with Crippen molar-refractivity contribution in [1.29, 1.82) is 0 Å². The van der Waals surface area contributed by atoms with Gasteiger partial charge in [-0.1, -0.05) is 38.5 Å². The van der Waals surface area contributed by atoms with Crippen LogP contribution in [0.15, 0.2) is 46.3 Å². The molecule has 0 heterocycles. The fourth-order valence-corrected chi connectivity index (χ4v) is 8.92. The highest BCUT2D eigenvalue weighted by Crippen LogP contribution is 2.75. The van der Waals surface area contributed by atoms with Crippen LogP contribution in [0.4, 0.5) is 0 Å². The van der Waals surface area contributed by atoms with E-state index in [1.165, 1.54) is 18.8 Å². The maximum absolute atomic E-state index is 12.8. The van der Waals surface area contributed by atoms with E-state index < -0.39 is 16.9 Å². The molecule has 0 saturated heterocycles. The van der Waals surface area contributed by atoms with Crippen LogP contribution in [-0.4, -0.2) is 35.2 Å². The van der Waals surface area contributed by atoms with Crippen molar-refractivity contribution in [1.82, 2.24) is 0 Å². The number of hydrogen-bond acceptors (Lipinski definition) is 5. The Hall–Kier alpha value is -2.14. The predicted molar refractivity (Wildman–Crippen MR) is 134 cm³/mol. The molecule has 7 atom stereocenters. The molecule has 0 aromatic heterocycles. The number of carbonyl (C=O) groups excluding carboxylic acids is 2. The number of esters is 1. The average Bonchev–Trinajstić information content (AvgIpc) is 2.81. The van der Waals surface area contributed by atoms with Crippen LogP contribution < -0.4 is 0 Å². The Morgan fingerprint density at radius 3 is 2.34 bits per heavy atom. The van der Waals surface area contributed by atoms with Crippen molar-refractivity contribution in [3.63, 3.8) is 0 Å². The van der Waals surface area contributed by atoms with Crippen molar-refractivity contribution >= 4 is 11.8 Å². The zero-order chi connectivity index (χ0) is 25.8. The van der Waals surface area contributed by atoms with Gasteiger partial charge in [0.15, 0.2) is 5.76 Å². The molecule has 0 aliphatic heterocycles. The number of aliphatic hydroxyl groups is 2. The first-order valence-corrected chi connectivity index (χ1v) is 13.0. The third-order valence-electron chi connectivity index (χ3n) is 11.6. The standard InChI is InChI=1S/C30H40O5/c1-17-18-8-9-21-28(4)13-12-26(2)10-11-27(3,25(34)35-7)15-22(26)29(28,5)16-23(32)30(21,6)19(18)14-20(31)24(17)33/h8-9,14,22-23,32-33H,10-13,15-16H2,1-7H3/t22?,23?,26-,27-,28-,29+,30+/m1/s1. The molecule has 190 valence electrons. The van der Waals surface area contributed by atoms with Crippen LogP contribution in [0, 0.1) is 33.0 Å². The lowest BCUT2D eigenvalue weighted by atomic mass is 9.34. The molecule has 35 heavy (non-hydrogen) atoms. The number of carbonyl (C=O) groups is 2. The van der Waals surface area contributed by atoms with E-state index >= 15 is 0 Å². The molecule has 2 N–H and O–H groups in total. The molecule has 0 amide bonds. The minimum atomic E-state index is -0.704. The van der Waals surface area contributed by atoms with Gasteiger partial charge >= 0.3 is 5.97 Å². The molecule has 0 radical (unpaired) electrons. The zero-order valence-electron chi connectivity index (χ0n) is 22.2. The van der Waals surface area contributed by atoms with Gasteiger partial charge in [-0.05, 0) is 98.7 Å². The quantitative estimate of drug-likeness (QED) is 0.467. The summed E-state index contributed by atoms with van der Waals surface area (Å²) in [6, 6.07) is 0. The zero-order valence-corrected chi connectivity index (χ0v) is 22.2. The second-order valence-electron chi connectivity index (χ2n) is 13.2. The van der Waals surface area contributed by atoms with E-state index in [0.29, 0.717) is 12.0 Å². The van der Waals surface area contributed by atoms with E-state index in [1.54, 1.807) is 6.92 Å². The van der Waals surface area contributed by atoms with Crippen molar-refractivity contribution in [2.45, 2.75) is 86.2 Å². The largest absolute Gasteiger partial charge is 0.504 e. The lowest BCUT2D eigenvalue weighted by Crippen LogP contribution is -2.65. The van der Waals surface area contributed by atoms with E-state index in [9.17, 15) is 19.8 Å². The smallest absolute Gasteiger partial charge is 0.311 e. The Morgan fingerprint density at radius 2 is 1.69 bits per heavy atom. The Labute approximate surface area is 209 Å². The summed E-state index contributed by atoms with van der Waals surface area (Å²) in [6.07, 6.45) is 10.3. The van der Waals surface area contributed by atoms with Gasteiger partial charge < -0.3 is 14.9 Å². The van der Waals surface area contributed by atoms with Crippen molar-refractivity contribution in [3.05, 3.63) is 46.3 Å². The van der Waals surface area contributed by atoms with Crippen LogP contribution >= 0.6 is 0 Å². The summed E-state index contributed by atoms with van der Waals surface area (Å²) in [5, 5.41) is 22.2. The van der Waals surface area contributed by atoms with E-state index in [1.807, 2.05) is 13.0 Å². The molecular weight excluding hydrogens is 440 g/mol. The van der Waals surface area contributed by atoms with Crippen LogP contribution in [0.3, 0.4) is 0 Å². The number of ketones is 1. The summed E-state index contributed by atoms with van der Waals surface area (Å²) < 4.78 is 5.24. The van der Waals surface area contributed by atoms with Crippen LogP contribution in [0.2, 0.25) is 0 Å². The Kier molecular flexibility index (Phi) is 5.06. The second kappa shape index (κ2) is 7.21. The van der Waals surface area contributed by atoms with Crippen LogP contribution in [0.25, 0.3) is 0 Å². The first-order chi connectivity index (χ1) is 16.2. The summed E-state index contributed by atoms with van der Waals surface area (Å²) in [4.78, 5) is 25.5. The molecule has 0 aromatic carbocycles. The van der Waals surface area contributed by atoms with Crippen molar-refractivity contribution < 1.29 is 24.5 Å². The maximum atomic E-state index is 12.8. The van der Waals surface area contributed by atoms with E-state index in [4.69, 9.17) is 4.74 Å². The number of methoxy groups -OCH3 is 1. The third kappa shape index (κ3) is 2.85. The Morgan fingerprint density at radius 1 is 1.03 bits per heavy atom. The summed E-state index contributed by atoms with van der Waals surface area (Å²) in [5.41, 5.74) is 1.88. The minimum absolute atomic E-state index is 0.108. The van der Waals surface area contributed by atoms with Crippen molar-refractivity contribution in [2.24, 2.45) is 33.0 Å². The molecule has 0 spiro atoms. The lowest BCUT2D eigenvalue weighted by molar-refractivity contribution is -0.193.